The fraction of sp³-hybridized carbons (Fsp3) is 0.167. The van der Waals surface area contributed by atoms with E-state index in [-0.39, 0.29) is 12.3 Å². The summed E-state index contributed by atoms with van der Waals surface area (Å²) in [7, 11) is 0. The molecular formula is C18H15ClN2O3. The first kappa shape index (κ1) is 16.2. The molecule has 1 saturated heterocycles. The highest BCUT2D eigenvalue weighted by atomic mass is 35.5. The van der Waals surface area contributed by atoms with Crippen LogP contribution >= 0.6 is 11.6 Å². The van der Waals surface area contributed by atoms with Crippen LogP contribution in [0.5, 0.6) is 0 Å². The third-order valence-electron chi connectivity index (χ3n) is 4.08. The molecule has 0 bridgehead atoms. The van der Waals surface area contributed by atoms with Gasteiger partial charge in [-0.1, -0.05) is 60.1 Å². The summed E-state index contributed by atoms with van der Waals surface area (Å²) in [4.78, 5) is 38.3. The van der Waals surface area contributed by atoms with Crippen molar-refractivity contribution >= 4 is 29.3 Å². The quantitative estimate of drug-likeness (QED) is 0.686. The van der Waals surface area contributed by atoms with Gasteiger partial charge < -0.3 is 5.32 Å². The Kier molecular flexibility index (Phi) is 4.11. The number of hydrogen-bond acceptors (Lipinski definition) is 3. The summed E-state index contributed by atoms with van der Waals surface area (Å²) in [6.45, 7) is 1.27. The van der Waals surface area contributed by atoms with E-state index in [1.165, 1.54) is 0 Å². The minimum atomic E-state index is -1.29. The number of rotatable bonds is 4. The van der Waals surface area contributed by atoms with Crippen molar-refractivity contribution < 1.29 is 14.4 Å². The minimum absolute atomic E-state index is 0.303. The molecule has 122 valence electrons. The number of urea groups is 1. The molecule has 0 aromatic heterocycles. The van der Waals surface area contributed by atoms with Gasteiger partial charge in [-0.15, -0.1) is 0 Å². The summed E-state index contributed by atoms with van der Waals surface area (Å²) < 4.78 is 0. The molecule has 0 spiro atoms. The maximum absolute atomic E-state index is 12.8. The molecule has 0 radical (unpaired) electrons. The number of halogens is 1. The van der Waals surface area contributed by atoms with Crippen molar-refractivity contribution in [2.45, 2.75) is 12.5 Å². The zero-order chi connectivity index (χ0) is 17.3. The lowest BCUT2D eigenvalue weighted by molar-refractivity contribution is -0.130. The number of carbonyl (C=O) groups excluding carboxylic acids is 3. The lowest BCUT2D eigenvalue weighted by Gasteiger charge is -2.23. The van der Waals surface area contributed by atoms with E-state index in [0.717, 1.165) is 4.90 Å². The number of nitrogens with zero attached hydrogens (tertiary/aromatic N) is 1. The summed E-state index contributed by atoms with van der Waals surface area (Å²) in [5.41, 5.74) is -0.337. The number of nitrogens with one attached hydrogen (secondary N) is 1. The summed E-state index contributed by atoms with van der Waals surface area (Å²) in [5.74, 6) is -0.799. The molecule has 1 N–H and O–H groups in total. The maximum atomic E-state index is 12.8. The summed E-state index contributed by atoms with van der Waals surface area (Å²) in [5, 5.41) is 3.02. The van der Waals surface area contributed by atoms with Gasteiger partial charge in [-0.3, -0.25) is 14.5 Å². The van der Waals surface area contributed by atoms with Crippen molar-refractivity contribution in [2.24, 2.45) is 0 Å². The van der Waals surface area contributed by atoms with Gasteiger partial charge >= 0.3 is 6.03 Å². The Labute approximate surface area is 144 Å². The zero-order valence-corrected chi connectivity index (χ0v) is 13.7. The highest BCUT2D eigenvalue weighted by molar-refractivity contribution is 6.32. The lowest BCUT2D eigenvalue weighted by Crippen LogP contribution is -2.41. The van der Waals surface area contributed by atoms with Crippen LogP contribution in [0, 0.1) is 0 Å². The Balaban J connectivity index is 1.87. The Hall–Kier alpha value is -2.66. The van der Waals surface area contributed by atoms with Gasteiger partial charge in [0, 0.05) is 16.1 Å². The number of imide groups is 1. The molecule has 3 rings (SSSR count). The standard InChI is InChI=1S/C18H15ClN2O3/c1-18(13-9-5-6-10-14(13)19)16(23)21(17(24)20-18)11-15(22)12-7-3-2-4-8-12/h2-10H,11H2,1H3,(H,20,24)/t18-/m1/s1. The average molecular weight is 343 g/mol. The second-order valence-corrected chi connectivity index (χ2v) is 6.12. The van der Waals surface area contributed by atoms with Crippen LogP contribution in [0.3, 0.4) is 0 Å². The fourth-order valence-electron chi connectivity index (χ4n) is 2.75. The first-order valence-electron chi connectivity index (χ1n) is 7.41. The van der Waals surface area contributed by atoms with E-state index in [1.54, 1.807) is 61.5 Å². The molecule has 1 atom stereocenters. The molecule has 24 heavy (non-hydrogen) atoms. The molecule has 1 heterocycles. The Morgan fingerprint density at radius 3 is 2.38 bits per heavy atom. The van der Waals surface area contributed by atoms with Gasteiger partial charge in [0.05, 0.1) is 6.54 Å². The molecule has 3 amide bonds. The first-order chi connectivity index (χ1) is 11.4. The summed E-state index contributed by atoms with van der Waals surface area (Å²) in [6.07, 6.45) is 0. The van der Waals surface area contributed by atoms with Gasteiger partial charge in [0.2, 0.25) is 0 Å². The number of amides is 3. The van der Waals surface area contributed by atoms with Gasteiger partial charge in [-0.05, 0) is 13.0 Å². The minimum Gasteiger partial charge on any atom is -0.319 e. The van der Waals surface area contributed by atoms with Crippen LogP contribution in [0.1, 0.15) is 22.8 Å². The van der Waals surface area contributed by atoms with Gasteiger partial charge in [0.25, 0.3) is 5.91 Å². The lowest BCUT2D eigenvalue weighted by atomic mass is 9.92. The Morgan fingerprint density at radius 1 is 1.08 bits per heavy atom. The van der Waals surface area contributed by atoms with Crippen LogP contribution in [0.15, 0.2) is 54.6 Å². The molecule has 5 nitrogen and oxygen atoms in total. The van der Waals surface area contributed by atoms with Crippen molar-refractivity contribution in [3.63, 3.8) is 0 Å². The highest BCUT2D eigenvalue weighted by Crippen LogP contribution is 2.33. The number of Topliss-reactive ketones (excluding diaryl/α,β-unsaturated/α-hetero) is 1. The van der Waals surface area contributed by atoms with E-state index in [0.29, 0.717) is 16.1 Å². The SMILES string of the molecule is C[C@]1(c2ccccc2Cl)NC(=O)N(CC(=O)c2ccccc2)C1=O. The number of carbonyl (C=O) groups is 3. The summed E-state index contributed by atoms with van der Waals surface area (Å²) >= 11 is 6.17. The predicted octanol–water partition coefficient (Wildman–Crippen LogP) is 2.99. The Bertz CT molecular complexity index is 822. The van der Waals surface area contributed by atoms with Crippen LogP contribution in [0.2, 0.25) is 5.02 Å². The van der Waals surface area contributed by atoms with Crippen molar-refractivity contribution in [2.75, 3.05) is 6.54 Å². The average Bonchev–Trinajstić information content (AvgIpc) is 2.80. The highest BCUT2D eigenvalue weighted by Gasteiger charge is 2.50. The molecule has 2 aromatic carbocycles. The monoisotopic (exact) mass is 342 g/mol. The van der Waals surface area contributed by atoms with E-state index in [4.69, 9.17) is 11.6 Å². The second kappa shape index (κ2) is 6.09. The van der Waals surface area contributed by atoms with E-state index in [2.05, 4.69) is 5.32 Å². The van der Waals surface area contributed by atoms with Crippen LogP contribution in [-0.4, -0.2) is 29.2 Å². The second-order valence-electron chi connectivity index (χ2n) is 5.72. The molecule has 6 heteroatoms. The molecule has 1 aliphatic heterocycles. The third kappa shape index (κ3) is 2.67. The maximum Gasteiger partial charge on any atom is 0.325 e. The predicted molar refractivity (Wildman–Crippen MR) is 89.8 cm³/mol. The molecule has 0 saturated carbocycles. The topological polar surface area (TPSA) is 66.5 Å². The Morgan fingerprint density at radius 2 is 1.71 bits per heavy atom. The van der Waals surface area contributed by atoms with Gasteiger partial charge in [-0.2, -0.15) is 0 Å². The van der Waals surface area contributed by atoms with Gasteiger partial charge in [0.1, 0.15) is 5.54 Å². The van der Waals surface area contributed by atoms with Crippen LogP contribution in [0.4, 0.5) is 4.79 Å². The van der Waals surface area contributed by atoms with Crippen LogP contribution in [0.25, 0.3) is 0 Å². The largest absolute Gasteiger partial charge is 0.325 e. The number of ketones is 1. The fourth-order valence-corrected chi connectivity index (χ4v) is 3.07. The van der Waals surface area contributed by atoms with E-state index >= 15 is 0 Å². The first-order valence-corrected chi connectivity index (χ1v) is 7.78. The van der Waals surface area contributed by atoms with E-state index in [1.807, 2.05) is 0 Å². The van der Waals surface area contributed by atoms with Crippen LogP contribution in [-0.2, 0) is 10.3 Å². The van der Waals surface area contributed by atoms with Crippen molar-refractivity contribution in [1.82, 2.24) is 10.2 Å². The van der Waals surface area contributed by atoms with E-state index < -0.39 is 17.5 Å². The number of benzene rings is 2. The van der Waals surface area contributed by atoms with Crippen LogP contribution < -0.4 is 5.32 Å². The van der Waals surface area contributed by atoms with Gasteiger partial charge in [-0.25, -0.2) is 4.79 Å². The van der Waals surface area contributed by atoms with Crippen molar-refractivity contribution in [1.29, 1.82) is 0 Å². The third-order valence-corrected chi connectivity index (χ3v) is 4.41. The molecule has 2 aromatic rings. The normalized spacial score (nSPS) is 20.2. The van der Waals surface area contributed by atoms with Crippen molar-refractivity contribution in [3.05, 3.63) is 70.7 Å². The molecule has 1 fully saturated rings. The number of hydrogen-bond donors (Lipinski definition) is 1. The molecule has 0 unspecified atom stereocenters. The smallest absolute Gasteiger partial charge is 0.319 e. The molecule has 1 aliphatic rings. The van der Waals surface area contributed by atoms with E-state index in [9.17, 15) is 14.4 Å². The molecular weight excluding hydrogens is 328 g/mol. The molecule has 0 aliphatic carbocycles. The zero-order valence-electron chi connectivity index (χ0n) is 13.0. The summed E-state index contributed by atoms with van der Waals surface area (Å²) in [6, 6.07) is 14.8. The van der Waals surface area contributed by atoms with Crippen molar-refractivity contribution in [3.8, 4) is 0 Å². The van der Waals surface area contributed by atoms with Gasteiger partial charge in [0.15, 0.2) is 5.78 Å².